The summed E-state index contributed by atoms with van der Waals surface area (Å²) in [5.74, 6) is 0.995. The molecule has 0 unspecified atom stereocenters. The Morgan fingerprint density at radius 2 is 1.83 bits per heavy atom. The fourth-order valence-corrected chi connectivity index (χ4v) is 2.21. The molecule has 0 spiro atoms. The lowest BCUT2D eigenvalue weighted by Gasteiger charge is -2.11. The van der Waals surface area contributed by atoms with Crippen LogP contribution in [0.5, 0.6) is 11.5 Å². The summed E-state index contributed by atoms with van der Waals surface area (Å²) in [6.07, 6.45) is 0.113. The molecule has 0 bridgehead atoms. The van der Waals surface area contributed by atoms with E-state index in [9.17, 15) is 9.59 Å². The van der Waals surface area contributed by atoms with Gasteiger partial charge >= 0.3 is 0 Å². The van der Waals surface area contributed by atoms with Crippen molar-refractivity contribution in [3.05, 3.63) is 53.6 Å². The molecule has 2 rings (SSSR count). The molecule has 0 saturated carbocycles. The van der Waals surface area contributed by atoms with Crippen molar-refractivity contribution in [3.8, 4) is 11.5 Å². The second kappa shape index (κ2) is 7.45. The second-order valence-electron chi connectivity index (χ2n) is 5.04. The number of methoxy groups -OCH3 is 2. The first-order valence-corrected chi connectivity index (χ1v) is 7.15. The molecule has 0 radical (unpaired) electrons. The number of anilines is 1. The Labute approximate surface area is 135 Å². The Hall–Kier alpha value is -2.82. The van der Waals surface area contributed by atoms with Crippen LogP contribution in [0.1, 0.15) is 22.8 Å². The summed E-state index contributed by atoms with van der Waals surface area (Å²) >= 11 is 0. The summed E-state index contributed by atoms with van der Waals surface area (Å²) < 4.78 is 10.4. The smallest absolute Gasteiger partial charge is 0.228 e. The molecule has 0 aromatic heterocycles. The minimum Gasteiger partial charge on any atom is -0.497 e. The molecule has 1 amide bonds. The van der Waals surface area contributed by atoms with Crippen molar-refractivity contribution >= 4 is 17.4 Å². The minimum atomic E-state index is -0.197. The monoisotopic (exact) mass is 313 g/mol. The average molecular weight is 313 g/mol. The maximum Gasteiger partial charge on any atom is 0.228 e. The molecule has 5 nitrogen and oxygen atoms in total. The third-order valence-corrected chi connectivity index (χ3v) is 3.39. The van der Waals surface area contributed by atoms with Gasteiger partial charge in [0.1, 0.15) is 11.5 Å². The predicted molar refractivity (Wildman–Crippen MR) is 88.3 cm³/mol. The van der Waals surface area contributed by atoms with Crippen molar-refractivity contribution < 1.29 is 19.1 Å². The number of Topliss-reactive ketones (excluding diaryl/α,β-unsaturated/α-hetero) is 1. The Morgan fingerprint density at radius 3 is 2.48 bits per heavy atom. The zero-order chi connectivity index (χ0) is 16.8. The third-order valence-electron chi connectivity index (χ3n) is 3.39. The van der Waals surface area contributed by atoms with Crippen LogP contribution < -0.4 is 14.8 Å². The number of benzene rings is 2. The van der Waals surface area contributed by atoms with Crippen LogP contribution >= 0.6 is 0 Å². The van der Waals surface area contributed by atoms with Crippen molar-refractivity contribution in [1.82, 2.24) is 0 Å². The average Bonchev–Trinajstić information content (AvgIpc) is 2.54. The fourth-order valence-electron chi connectivity index (χ4n) is 2.21. The van der Waals surface area contributed by atoms with Crippen LogP contribution in [0, 0.1) is 0 Å². The van der Waals surface area contributed by atoms with E-state index in [0.29, 0.717) is 28.3 Å². The third kappa shape index (κ3) is 4.32. The van der Waals surface area contributed by atoms with Gasteiger partial charge in [0, 0.05) is 22.9 Å². The van der Waals surface area contributed by atoms with Gasteiger partial charge in [-0.2, -0.15) is 0 Å². The predicted octanol–water partition coefficient (Wildman–Crippen LogP) is 3.09. The van der Waals surface area contributed by atoms with E-state index in [1.807, 2.05) is 0 Å². The minimum absolute atomic E-state index is 0.0536. The zero-order valence-electron chi connectivity index (χ0n) is 13.4. The topological polar surface area (TPSA) is 64.6 Å². The number of hydrogen-bond acceptors (Lipinski definition) is 4. The van der Waals surface area contributed by atoms with Crippen molar-refractivity contribution in [3.63, 3.8) is 0 Å². The largest absolute Gasteiger partial charge is 0.497 e. The quantitative estimate of drug-likeness (QED) is 0.832. The van der Waals surface area contributed by atoms with Crippen molar-refractivity contribution in [2.24, 2.45) is 0 Å². The van der Waals surface area contributed by atoms with E-state index in [4.69, 9.17) is 9.47 Å². The number of hydrogen-bond donors (Lipinski definition) is 1. The normalized spacial score (nSPS) is 10.0. The van der Waals surface area contributed by atoms with E-state index >= 15 is 0 Å². The molecule has 120 valence electrons. The number of carbonyl (C=O) groups is 2. The van der Waals surface area contributed by atoms with Crippen LogP contribution in [0.25, 0.3) is 0 Å². The van der Waals surface area contributed by atoms with Crippen molar-refractivity contribution in [2.75, 3.05) is 19.5 Å². The van der Waals surface area contributed by atoms with E-state index in [-0.39, 0.29) is 18.1 Å². The summed E-state index contributed by atoms with van der Waals surface area (Å²) in [6.45, 7) is 1.49. The van der Waals surface area contributed by atoms with Crippen LogP contribution in [0.4, 0.5) is 5.69 Å². The van der Waals surface area contributed by atoms with E-state index in [2.05, 4.69) is 5.32 Å². The van der Waals surface area contributed by atoms with Gasteiger partial charge < -0.3 is 14.8 Å². The van der Waals surface area contributed by atoms with Gasteiger partial charge in [-0.05, 0) is 37.3 Å². The van der Waals surface area contributed by atoms with Gasteiger partial charge in [-0.1, -0.05) is 6.07 Å². The first kappa shape index (κ1) is 16.5. The molecule has 0 aliphatic heterocycles. The molecular formula is C18H19NO4. The number of rotatable bonds is 6. The number of ether oxygens (including phenoxy) is 2. The van der Waals surface area contributed by atoms with E-state index in [1.54, 1.807) is 49.6 Å². The van der Waals surface area contributed by atoms with Crippen LogP contribution in [0.3, 0.4) is 0 Å². The van der Waals surface area contributed by atoms with Gasteiger partial charge in [0.2, 0.25) is 5.91 Å². The van der Waals surface area contributed by atoms with Crippen LogP contribution in [-0.4, -0.2) is 25.9 Å². The Kier molecular flexibility index (Phi) is 5.36. The maximum absolute atomic E-state index is 12.2. The van der Waals surface area contributed by atoms with Gasteiger partial charge in [0.05, 0.1) is 20.6 Å². The zero-order valence-corrected chi connectivity index (χ0v) is 13.4. The molecule has 0 aliphatic rings. The summed E-state index contributed by atoms with van der Waals surface area (Å²) in [7, 11) is 3.10. The standard InChI is InChI=1S/C18H19NO4/c1-12(20)13-7-8-17(23-3)14(9-13)10-18(21)19-15-5-4-6-16(11-15)22-2/h4-9,11H,10H2,1-3H3,(H,19,21). The highest BCUT2D eigenvalue weighted by Crippen LogP contribution is 2.22. The van der Waals surface area contributed by atoms with Crippen LogP contribution in [-0.2, 0) is 11.2 Å². The molecule has 0 saturated heterocycles. The summed E-state index contributed by atoms with van der Waals surface area (Å²) in [6, 6.07) is 12.2. The number of amides is 1. The Morgan fingerprint density at radius 1 is 1.04 bits per heavy atom. The molecule has 5 heteroatoms. The summed E-state index contributed by atoms with van der Waals surface area (Å²) in [5, 5.41) is 2.81. The Bertz CT molecular complexity index is 725. The second-order valence-corrected chi connectivity index (χ2v) is 5.04. The van der Waals surface area contributed by atoms with Gasteiger partial charge in [-0.3, -0.25) is 9.59 Å². The van der Waals surface area contributed by atoms with Crippen molar-refractivity contribution in [2.45, 2.75) is 13.3 Å². The highest BCUT2D eigenvalue weighted by molar-refractivity contribution is 5.96. The highest BCUT2D eigenvalue weighted by Gasteiger charge is 2.12. The van der Waals surface area contributed by atoms with Gasteiger partial charge in [0.25, 0.3) is 0 Å². The summed E-state index contributed by atoms with van der Waals surface area (Å²) in [5.41, 5.74) is 1.87. The molecule has 0 heterocycles. The Balaban J connectivity index is 2.15. The van der Waals surface area contributed by atoms with E-state index in [0.717, 1.165) is 0 Å². The molecule has 2 aromatic rings. The SMILES string of the molecule is COc1cccc(NC(=O)Cc2cc(C(C)=O)ccc2OC)c1. The number of nitrogens with one attached hydrogen (secondary N) is 1. The van der Waals surface area contributed by atoms with Gasteiger partial charge in [0.15, 0.2) is 5.78 Å². The lowest BCUT2D eigenvalue weighted by molar-refractivity contribution is -0.115. The first-order valence-electron chi connectivity index (χ1n) is 7.15. The number of carbonyl (C=O) groups excluding carboxylic acids is 2. The fraction of sp³-hybridized carbons (Fsp3) is 0.222. The van der Waals surface area contributed by atoms with Crippen molar-refractivity contribution in [1.29, 1.82) is 0 Å². The molecule has 1 N–H and O–H groups in total. The number of ketones is 1. The lowest BCUT2D eigenvalue weighted by atomic mass is 10.0. The molecule has 2 aromatic carbocycles. The molecular weight excluding hydrogens is 294 g/mol. The first-order chi connectivity index (χ1) is 11.0. The van der Waals surface area contributed by atoms with Gasteiger partial charge in [-0.15, -0.1) is 0 Å². The summed E-state index contributed by atoms with van der Waals surface area (Å²) in [4.78, 5) is 23.7. The van der Waals surface area contributed by atoms with E-state index in [1.165, 1.54) is 14.0 Å². The molecule has 0 atom stereocenters. The maximum atomic E-state index is 12.2. The molecule has 23 heavy (non-hydrogen) atoms. The highest BCUT2D eigenvalue weighted by atomic mass is 16.5. The lowest BCUT2D eigenvalue weighted by Crippen LogP contribution is -2.15. The molecule has 0 aliphatic carbocycles. The van der Waals surface area contributed by atoms with Gasteiger partial charge in [-0.25, -0.2) is 0 Å². The van der Waals surface area contributed by atoms with E-state index < -0.39 is 0 Å². The molecule has 0 fully saturated rings. The van der Waals surface area contributed by atoms with Crippen LogP contribution in [0.15, 0.2) is 42.5 Å². The van der Waals surface area contributed by atoms with Crippen LogP contribution in [0.2, 0.25) is 0 Å².